The van der Waals surface area contributed by atoms with Crippen LogP contribution in [0.5, 0.6) is 0 Å². The molecule has 24 heavy (non-hydrogen) atoms. The van der Waals surface area contributed by atoms with Gasteiger partial charge in [0.15, 0.2) is 0 Å². The van der Waals surface area contributed by atoms with E-state index in [1.165, 1.54) is 71.3 Å². The number of alkyl halides is 2. The molecule has 1 saturated heterocycles. The van der Waals surface area contributed by atoms with Gasteiger partial charge in [-0.1, -0.05) is 0 Å². The van der Waals surface area contributed by atoms with Crippen molar-refractivity contribution >= 4 is 12.0 Å². The summed E-state index contributed by atoms with van der Waals surface area (Å²) in [6.07, 6.45) is 12.4. The summed E-state index contributed by atoms with van der Waals surface area (Å²) in [4.78, 5) is 14.3. The topological polar surface area (TPSA) is 20.3 Å². The van der Waals surface area contributed by atoms with E-state index in [0.29, 0.717) is 21.2 Å². The zero-order valence-electron chi connectivity index (χ0n) is 15.4. The number of benzene rings is 1. The molecule has 0 spiro atoms. The first-order valence-electron chi connectivity index (χ1n) is 9.46. The third-order valence-corrected chi connectivity index (χ3v) is 8.27. The Morgan fingerprint density at radius 2 is 1.42 bits per heavy atom. The molecule has 0 saturated carbocycles. The Kier molecular flexibility index (Phi) is 8.57. The summed E-state index contributed by atoms with van der Waals surface area (Å²) in [5.74, 6) is 0. The molecule has 0 amide bonds. The molecular formula is C21H33INO-. The van der Waals surface area contributed by atoms with Crippen LogP contribution in [0, 0.1) is 0 Å². The molecule has 2 rings (SSSR count). The predicted molar refractivity (Wildman–Crippen MR) is 99.8 cm³/mol. The fraction of sp³-hybridized carbons (Fsp3) is 0.667. The van der Waals surface area contributed by atoms with Crippen LogP contribution in [0.1, 0.15) is 63.4 Å². The zero-order chi connectivity index (χ0) is 17.3. The van der Waals surface area contributed by atoms with Gasteiger partial charge in [0, 0.05) is 0 Å². The average Bonchev–Trinajstić information content (AvgIpc) is 2.63. The van der Waals surface area contributed by atoms with Crippen molar-refractivity contribution in [3.63, 3.8) is 0 Å². The molecule has 1 atom stereocenters. The van der Waals surface area contributed by atoms with Crippen LogP contribution in [-0.4, -0.2) is 29.2 Å². The van der Waals surface area contributed by atoms with Gasteiger partial charge in [-0.3, -0.25) is 0 Å². The quantitative estimate of drug-likeness (QED) is 0.404. The monoisotopic (exact) mass is 442 g/mol. The molecule has 1 aromatic carbocycles. The number of anilines is 1. The molecule has 1 fully saturated rings. The standard InChI is InChI=1S/C21H33INO/c1-23(2)20-12-10-19(11-13-20)21(18-24)14-6-3-4-8-16-22-17-9-5-7-15-21/h10-13,18H,3-9,14-17H2,1-2H3/q-1. The van der Waals surface area contributed by atoms with Crippen LogP contribution in [-0.2, 0) is 10.2 Å². The second-order valence-electron chi connectivity index (χ2n) is 7.26. The Hall–Kier alpha value is -0.580. The number of halogens is 1. The predicted octanol–water partition coefficient (Wildman–Crippen LogP) is 1.80. The van der Waals surface area contributed by atoms with Crippen LogP contribution in [0.25, 0.3) is 0 Å². The maximum absolute atomic E-state index is 12.2. The number of carbonyl (C=O) groups is 1. The van der Waals surface area contributed by atoms with Gasteiger partial charge in [-0.2, -0.15) is 0 Å². The third kappa shape index (κ3) is 5.75. The number of rotatable bonds is 3. The SMILES string of the molecule is CN(C)c1ccc(C2(C=O)CCCCCC[I-]CCCCC2)cc1. The van der Waals surface area contributed by atoms with Gasteiger partial charge in [-0.25, -0.2) is 0 Å². The molecule has 1 heterocycles. The van der Waals surface area contributed by atoms with E-state index in [2.05, 4.69) is 43.3 Å². The first kappa shape index (κ1) is 19.7. The first-order chi connectivity index (χ1) is 11.7. The first-order valence-corrected chi connectivity index (χ1v) is 12.5. The molecule has 0 bridgehead atoms. The van der Waals surface area contributed by atoms with Crippen LogP contribution < -0.4 is 26.1 Å². The number of carbonyl (C=O) groups excluding carboxylic acids is 1. The molecule has 0 aliphatic carbocycles. The molecule has 1 aliphatic rings. The molecule has 0 radical (unpaired) electrons. The molecular weight excluding hydrogens is 409 g/mol. The van der Waals surface area contributed by atoms with Gasteiger partial charge in [0.25, 0.3) is 0 Å². The molecule has 3 heteroatoms. The third-order valence-electron chi connectivity index (χ3n) is 5.21. The van der Waals surface area contributed by atoms with E-state index in [1.54, 1.807) is 0 Å². The van der Waals surface area contributed by atoms with Crippen molar-refractivity contribution in [2.45, 2.75) is 63.2 Å². The second kappa shape index (κ2) is 10.4. The van der Waals surface area contributed by atoms with Gasteiger partial charge >= 0.3 is 159 Å². The van der Waals surface area contributed by atoms with Gasteiger partial charge in [0.05, 0.1) is 0 Å². The normalized spacial score (nSPS) is 24.6. The fourth-order valence-corrected chi connectivity index (χ4v) is 6.27. The summed E-state index contributed by atoms with van der Waals surface area (Å²) in [5.41, 5.74) is 2.17. The van der Waals surface area contributed by atoms with E-state index in [9.17, 15) is 4.79 Å². The summed E-state index contributed by atoms with van der Waals surface area (Å²) in [7, 11) is 4.12. The number of hydrogen-bond donors (Lipinski definition) is 0. The van der Waals surface area contributed by atoms with Crippen LogP contribution >= 0.6 is 0 Å². The summed E-state index contributed by atoms with van der Waals surface area (Å²) < 4.78 is 2.98. The van der Waals surface area contributed by atoms with Crippen LogP contribution in [0.2, 0.25) is 0 Å². The molecule has 0 N–H and O–H groups in total. The van der Waals surface area contributed by atoms with Gasteiger partial charge in [0.1, 0.15) is 0 Å². The summed E-state index contributed by atoms with van der Waals surface area (Å²) in [5, 5.41) is 0. The second-order valence-corrected chi connectivity index (χ2v) is 10.5. The number of nitrogens with zero attached hydrogens (tertiary/aromatic N) is 1. The molecule has 1 aliphatic heterocycles. The summed E-state index contributed by atoms with van der Waals surface area (Å²) >= 11 is 0.453. The summed E-state index contributed by atoms with van der Waals surface area (Å²) in [6.45, 7) is 0. The Labute approximate surface area is 158 Å². The van der Waals surface area contributed by atoms with Crippen molar-refractivity contribution in [2.75, 3.05) is 27.9 Å². The minimum atomic E-state index is -0.256. The van der Waals surface area contributed by atoms with E-state index in [4.69, 9.17) is 0 Å². The Morgan fingerprint density at radius 1 is 0.875 bits per heavy atom. The van der Waals surface area contributed by atoms with Gasteiger partial charge in [-0.05, 0) is 0 Å². The van der Waals surface area contributed by atoms with E-state index < -0.39 is 0 Å². The molecule has 0 aromatic heterocycles. The summed E-state index contributed by atoms with van der Waals surface area (Å²) in [6, 6.07) is 8.69. The van der Waals surface area contributed by atoms with Crippen molar-refractivity contribution in [1.29, 1.82) is 0 Å². The van der Waals surface area contributed by atoms with Crippen molar-refractivity contribution in [3.05, 3.63) is 29.8 Å². The van der Waals surface area contributed by atoms with Crippen LogP contribution in [0.4, 0.5) is 5.69 Å². The van der Waals surface area contributed by atoms with Crippen molar-refractivity contribution < 1.29 is 26.0 Å². The Morgan fingerprint density at radius 3 is 1.96 bits per heavy atom. The fourth-order valence-electron chi connectivity index (χ4n) is 3.57. The van der Waals surface area contributed by atoms with E-state index in [1.807, 2.05) is 0 Å². The average molecular weight is 442 g/mol. The molecule has 136 valence electrons. The van der Waals surface area contributed by atoms with E-state index in [0.717, 1.165) is 12.8 Å². The van der Waals surface area contributed by atoms with Crippen LogP contribution in [0.3, 0.4) is 0 Å². The maximum atomic E-state index is 12.2. The van der Waals surface area contributed by atoms with Crippen LogP contribution in [0.15, 0.2) is 24.3 Å². The van der Waals surface area contributed by atoms with Crippen molar-refractivity contribution in [1.82, 2.24) is 0 Å². The Bertz CT molecular complexity index is 469. The molecule has 1 unspecified atom stereocenters. The van der Waals surface area contributed by atoms with Crippen molar-refractivity contribution in [3.8, 4) is 0 Å². The van der Waals surface area contributed by atoms with Crippen molar-refractivity contribution in [2.24, 2.45) is 0 Å². The molecule has 1 aromatic rings. The van der Waals surface area contributed by atoms with Gasteiger partial charge in [0.2, 0.25) is 0 Å². The Balaban J connectivity index is 2.14. The minimum absolute atomic E-state index is 0.256. The zero-order valence-corrected chi connectivity index (χ0v) is 17.6. The van der Waals surface area contributed by atoms with Gasteiger partial charge < -0.3 is 0 Å². The van der Waals surface area contributed by atoms with E-state index >= 15 is 0 Å². The number of aldehydes is 1. The number of hydrogen-bond acceptors (Lipinski definition) is 2. The van der Waals surface area contributed by atoms with Gasteiger partial charge in [-0.15, -0.1) is 0 Å². The van der Waals surface area contributed by atoms with E-state index in [-0.39, 0.29) is 5.41 Å². The molecule has 2 nitrogen and oxygen atoms in total.